The summed E-state index contributed by atoms with van der Waals surface area (Å²) in [5.74, 6) is -0.0705. The van der Waals surface area contributed by atoms with Crippen molar-refractivity contribution in [3.63, 3.8) is 0 Å². The van der Waals surface area contributed by atoms with Gasteiger partial charge in [-0.3, -0.25) is 14.4 Å². The fourth-order valence-electron chi connectivity index (χ4n) is 3.45. The second kappa shape index (κ2) is 9.27. The highest BCUT2D eigenvalue weighted by Crippen LogP contribution is 2.34. The normalized spacial score (nSPS) is 13.2. The summed E-state index contributed by atoms with van der Waals surface area (Å²) in [7, 11) is 1.52. The fraction of sp³-hybridized carbons (Fsp3) is 0.174. The zero-order chi connectivity index (χ0) is 22.7. The molecule has 1 saturated heterocycles. The summed E-state index contributed by atoms with van der Waals surface area (Å²) in [5, 5.41) is 5.52. The molecular formula is C23H20BrN3O5. The molecule has 8 nitrogen and oxygen atoms in total. The molecule has 2 N–H and O–H groups in total. The predicted octanol–water partition coefficient (Wildman–Crippen LogP) is 4.68. The average Bonchev–Trinajstić information content (AvgIpc) is 3.42. The second-order valence-corrected chi connectivity index (χ2v) is 7.91. The molecule has 1 fully saturated rings. The van der Waals surface area contributed by atoms with E-state index in [9.17, 15) is 14.4 Å². The molecule has 1 aliphatic heterocycles. The summed E-state index contributed by atoms with van der Waals surface area (Å²) in [5.41, 5.74) is 2.02. The Labute approximate surface area is 192 Å². The van der Waals surface area contributed by atoms with Crippen LogP contribution in [0.5, 0.6) is 5.75 Å². The van der Waals surface area contributed by atoms with Crippen LogP contribution in [-0.4, -0.2) is 31.4 Å². The van der Waals surface area contributed by atoms with Crippen LogP contribution in [0.25, 0.3) is 0 Å². The van der Waals surface area contributed by atoms with E-state index in [2.05, 4.69) is 26.6 Å². The summed E-state index contributed by atoms with van der Waals surface area (Å²) >= 11 is 3.16. The molecule has 3 aromatic rings. The lowest BCUT2D eigenvalue weighted by Gasteiger charge is -2.19. The third-order valence-electron chi connectivity index (χ3n) is 4.98. The van der Waals surface area contributed by atoms with E-state index in [-0.39, 0.29) is 17.6 Å². The number of rotatable bonds is 6. The van der Waals surface area contributed by atoms with Gasteiger partial charge in [0.1, 0.15) is 5.75 Å². The Bertz CT molecular complexity index is 1190. The average molecular weight is 498 g/mol. The molecule has 1 aliphatic rings. The number of ether oxygens (including phenoxy) is 1. The third kappa shape index (κ3) is 4.67. The lowest BCUT2D eigenvalue weighted by Crippen LogP contribution is -2.24. The third-order valence-corrected chi connectivity index (χ3v) is 5.41. The molecule has 2 aromatic carbocycles. The van der Waals surface area contributed by atoms with Crippen molar-refractivity contribution in [3.8, 4) is 5.75 Å². The van der Waals surface area contributed by atoms with Crippen molar-refractivity contribution in [3.05, 3.63) is 70.6 Å². The maximum atomic E-state index is 12.8. The van der Waals surface area contributed by atoms with Crippen LogP contribution in [0.4, 0.5) is 17.1 Å². The van der Waals surface area contributed by atoms with E-state index in [4.69, 9.17) is 9.15 Å². The fourth-order valence-corrected chi connectivity index (χ4v) is 3.76. The standard InChI is InChI=1S/C23H20BrN3O5/c1-31-19-13-16(7-8-17(19)27-11-3-6-21(27)28)25-22(29)14-4-2-5-15(12-14)26-23(30)18-9-10-20(24)32-18/h2,4-5,7-10,12-13H,3,6,11H2,1H3,(H,25,29)(H,26,30). The quantitative estimate of drug-likeness (QED) is 0.514. The Hall–Kier alpha value is -3.59. The van der Waals surface area contributed by atoms with Crippen LogP contribution >= 0.6 is 15.9 Å². The molecule has 32 heavy (non-hydrogen) atoms. The SMILES string of the molecule is COc1cc(NC(=O)c2cccc(NC(=O)c3ccc(Br)o3)c2)ccc1N1CCCC1=O. The number of benzene rings is 2. The van der Waals surface area contributed by atoms with E-state index in [0.717, 1.165) is 6.42 Å². The number of hydrogen-bond acceptors (Lipinski definition) is 5. The van der Waals surface area contributed by atoms with Crippen LogP contribution in [0.15, 0.2) is 63.7 Å². The van der Waals surface area contributed by atoms with Gasteiger partial charge in [-0.1, -0.05) is 6.07 Å². The summed E-state index contributed by atoms with van der Waals surface area (Å²) in [4.78, 5) is 38.8. The van der Waals surface area contributed by atoms with Crippen LogP contribution < -0.4 is 20.3 Å². The van der Waals surface area contributed by atoms with Gasteiger partial charge in [0.05, 0.1) is 12.8 Å². The van der Waals surface area contributed by atoms with Crippen LogP contribution in [-0.2, 0) is 4.79 Å². The van der Waals surface area contributed by atoms with Gasteiger partial charge < -0.3 is 24.7 Å². The van der Waals surface area contributed by atoms with Gasteiger partial charge in [-0.2, -0.15) is 0 Å². The van der Waals surface area contributed by atoms with E-state index >= 15 is 0 Å². The van der Waals surface area contributed by atoms with Crippen molar-refractivity contribution in [2.75, 3.05) is 29.2 Å². The number of nitrogens with zero attached hydrogens (tertiary/aromatic N) is 1. The van der Waals surface area contributed by atoms with Gasteiger partial charge in [-0.05, 0) is 64.8 Å². The molecule has 9 heteroatoms. The summed E-state index contributed by atoms with van der Waals surface area (Å²) < 4.78 is 11.1. The van der Waals surface area contributed by atoms with Crippen molar-refractivity contribution in [1.82, 2.24) is 0 Å². The van der Waals surface area contributed by atoms with Crippen LogP contribution in [0, 0.1) is 0 Å². The van der Waals surface area contributed by atoms with Crippen molar-refractivity contribution in [1.29, 1.82) is 0 Å². The van der Waals surface area contributed by atoms with Crippen molar-refractivity contribution in [2.24, 2.45) is 0 Å². The van der Waals surface area contributed by atoms with Gasteiger partial charge >= 0.3 is 0 Å². The predicted molar refractivity (Wildman–Crippen MR) is 123 cm³/mol. The molecular weight excluding hydrogens is 478 g/mol. The minimum atomic E-state index is -0.426. The number of furan rings is 1. The first kappa shape index (κ1) is 21.6. The monoisotopic (exact) mass is 497 g/mol. The Morgan fingerprint density at radius 1 is 1.03 bits per heavy atom. The minimum absolute atomic E-state index is 0.0563. The first-order valence-corrected chi connectivity index (χ1v) is 10.7. The molecule has 3 amide bonds. The van der Waals surface area contributed by atoms with Gasteiger partial charge in [0.25, 0.3) is 11.8 Å². The van der Waals surface area contributed by atoms with Crippen molar-refractivity contribution < 1.29 is 23.5 Å². The molecule has 0 saturated carbocycles. The summed E-state index contributed by atoms with van der Waals surface area (Å²) in [6.45, 7) is 0.647. The topological polar surface area (TPSA) is 101 Å². The maximum Gasteiger partial charge on any atom is 0.291 e. The van der Waals surface area contributed by atoms with Crippen molar-refractivity contribution >= 4 is 50.7 Å². The van der Waals surface area contributed by atoms with Gasteiger partial charge in [0.15, 0.2) is 10.4 Å². The first-order valence-electron chi connectivity index (χ1n) is 9.91. The zero-order valence-corrected chi connectivity index (χ0v) is 18.8. The molecule has 0 bridgehead atoms. The zero-order valence-electron chi connectivity index (χ0n) is 17.2. The van der Waals surface area contributed by atoms with Gasteiger partial charge in [-0.25, -0.2) is 0 Å². The Kier molecular flexibility index (Phi) is 6.27. The van der Waals surface area contributed by atoms with E-state index in [1.165, 1.54) is 7.11 Å². The number of amides is 3. The minimum Gasteiger partial charge on any atom is -0.494 e. The van der Waals surface area contributed by atoms with Gasteiger partial charge in [0, 0.05) is 36.0 Å². The van der Waals surface area contributed by atoms with Crippen molar-refractivity contribution in [2.45, 2.75) is 12.8 Å². The van der Waals surface area contributed by atoms with Crippen LogP contribution in [0.3, 0.4) is 0 Å². The molecule has 0 spiro atoms. The van der Waals surface area contributed by atoms with E-state index in [1.807, 2.05) is 0 Å². The lowest BCUT2D eigenvalue weighted by atomic mass is 10.1. The number of halogens is 1. The number of hydrogen-bond donors (Lipinski definition) is 2. The van der Waals surface area contributed by atoms with Gasteiger partial charge in [-0.15, -0.1) is 0 Å². The second-order valence-electron chi connectivity index (χ2n) is 7.13. The Morgan fingerprint density at radius 3 is 2.50 bits per heavy atom. The molecule has 164 valence electrons. The smallest absolute Gasteiger partial charge is 0.291 e. The summed E-state index contributed by atoms with van der Waals surface area (Å²) in [6.07, 6.45) is 1.33. The molecule has 0 aliphatic carbocycles. The number of anilines is 3. The molecule has 4 rings (SSSR count). The molecule has 0 radical (unpaired) electrons. The highest BCUT2D eigenvalue weighted by Gasteiger charge is 2.24. The largest absolute Gasteiger partial charge is 0.494 e. The summed E-state index contributed by atoms with van der Waals surface area (Å²) in [6, 6.07) is 14.9. The van der Waals surface area contributed by atoms with Crippen LogP contribution in [0.2, 0.25) is 0 Å². The van der Waals surface area contributed by atoms with E-state index in [1.54, 1.807) is 59.5 Å². The van der Waals surface area contributed by atoms with E-state index < -0.39 is 5.91 Å². The Balaban J connectivity index is 1.47. The molecule has 0 unspecified atom stereocenters. The molecule has 0 atom stereocenters. The highest BCUT2D eigenvalue weighted by molar-refractivity contribution is 9.10. The highest BCUT2D eigenvalue weighted by atomic mass is 79.9. The first-order chi connectivity index (χ1) is 15.4. The molecule has 1 aromatic heterocycles. The number of methoxy groups -OCH3 is 1. The number of nitrogens with one attached hydrogen (secondary N) is 2. The van der Waals surface area contributed by atoms with Gasteiger partial charge in [0.2, 0.25) is 5.91 Å². The number of carbonyl (C=O) groups excluding carboxylic acids is 3. The number of carbonyl (C=O) groups is 3. The lowest BCUT2D eigenvalue weighted by molar-refractivity contribution is -0.117. The van der Waals surface area contributed by atoms with E-state index in [0.29, 0.717) is 46.0 Å². The maximum absolute atomic E-state index is 12.8. The van der Waals surface area contributed by atoms with Crippen LogP contribution in [0.1, 0.15) is 33.8 Å². The molecule has 2 heterocycles. The Morgan fingerprint density at radius 2 is 1.81 bits per heavy atom.